The number of para-hydroxylation sites is 2. The van der Waals surface area contributed by atoms with Crippen LogP contribution < -0.4 is 16.4 Å². The molecule has 0 amide bonds. The number of benzene rings is 5. The van der Waals surface area contributed by atoms with E-state index in [1.165, 1.54) is 0 Å². The van der Waals surface area contributed by atoms with E-state index in [1.807, 2.05) is 92.8 Å². The number of aromatic nitrogens is 3. The molecule has 0 saturated heterocycles. The predicted octanol–water partition coefficient (Wildman–Crippen LogP) is 3.22. The van der Waals surface area contributed by atoms with E-state index in [-0.39, 0.29) is 5.56 Å². The monoisotopic (exact) mass is 554 g/mol. The molecule has 200 valence electrons. The van der Waals surface area contributed by atoms with Crippen molar-refractivity contribution in [2.24, 2.45) is 0 Å². The molecule has 5 nitrogen and oxygen atoms in total. The minimum absolute atomic E-state index is 0.00734. The quantitative estimate of drug-likeness (QED) is 0.313. The second-order valence-electron chi connectivity index (χ2n) is 10.6. The SMILES string of the molecule is Bc1c(B)c(-c2nc(-c3cccc(-c4ccccc4)c3)nc(-c3cccc4c3oc3ccccc34)n2)c(B)c(C#N)c1F. The van der Waals surface area contributed by atoms with E-state index in [0.29, 0.717) is 50.6 Å². The first-order chi connectivity index (χ1) is 20.9. The molecule has 5 aromatic carbocycles. The average molecular weight is 554 g/mol. The first-order valence-electron chi connectivity index (χ1n) is 14.0. The zero-order chi connectivity index (χ0) is 29.7. The van der Waals surface area contributed by atoms with E-state index in [2.05, 4.69) is 18.2 Å². The van der Waals surface area contributed by atoms with Gasteiger partial charge >= 0.3 is 0 Å². The maximum atomic E-state index is 15.1. The number of halogens is 1. The van der Waals surface area contributed by atoms with Crippen molar-refractivity contribution in [2.75, 3.05) is 0 Å². The number of hydrogen-bond donors (Lipinski definition) is 0. The summed E-state index contributed by atoms with van der Waals surface area (Å²) in [6, 6.07) is 34.0. The van der Waals surface area contributed by atoms with Crippen molar-refractivity contribution in [1.82, 2.24) is 15.0 Å². The molecule has 0 N–H and O–H groups in total. The third-order valence-electron chi connectivity index (χ3n) is 8.08. The molecule has 7 rings (SSSR count). The van der Waals surface area contributed by atoms with Crippen LogP contribution in [-0.2, 0) is 0 Å². The number of hydrogen-bond acceptors (Lipinski definition) is 5. The summed E-state index contributed by atoms with van der Waals surface area (Å²) in [4.78, 5) is 14.9. The van der Waals surface area contributed by atoms with Crippen LogP contribution in [0, 0.1) is 17.1 Å². The smallest absolute Gasteiger partial charge is 0.167 e. The number of furan rings is 1. The van der Waals surface area contributed by atoms with Crippen LogP contribution in [0.25, 0.3) is 67.2 Å². The van der Waals surface area contributed by atoms with Gasteiger partial charge in [-0.15, -0.1) is 0 Å². The van der Waals surface area contributed by atoms with E-state index in [1.54, 1.807) is 15.7 Å². The Morgan fingerprint density at radius 1 is 0.628 bits per heavy atom. The Morgan fingerprint density at radius 2 is 1.28 bits per heavy atom. The molecule has 0 unspecified atom stereocenters. The summed E-state index contributed by atoms with van der Waals surface area (Å²) in [5.41, 5.74) is 7.24. The molecule has 0 atom stereocenters. The number of rotatable bonds is 4. The summed E-state index contributed by atoms with van der Waals surface area (Å²) < 4.78 is 21.4. The Labute approximate surface area is 250 Å². The summed E-state index contributed by atoms with van der Waals surface area (Å²) in [6.45, 7) is 0. The minimum atomic E-state index is -0.515. The second kappa shape index (κ2) is 10.4. The molecule has 0 aliphatic carbocycles. The lowest BCUT2D eigenvalue weighted by Gasteiger charge is -2.17. The number of nitriles is 1. The molecule has 0 aliphatic rings. The molecule has 9 heteroatoms. The van der Waals surface area contributed by atoms with Gasteiger partial charge in [0.2, 0.25) is 0 Å². The Morgan fingerprint density at radius 3 is 2.09 bits per heavy atom. The van der Waals surface area contributed by atoms with Gasteiger partial charge in [-0.05, 0) is 29.3 Å². The van der Waals surface area contributed by atoms with E-state index in [4.69, 9.17) is 19.4 Å². The normalized spacial score (nSPS) is 11.2. The third kappa shape index (κ3) is 4.40. The molecule has 0 aliphatic heterocycles. The molecule has 0 bridgehead atoms. The van der Waals surface area contributed by atoms with Gasteiger partial charge in [0.05, 0.1) is 11.1 Å². The lowest BCUT2D eigenvalue weighted by molar-refractivity contribution is 0.634. The molecule has 0 saturated carbocycles. The average Bonchev–Trinajstić information content (AvgIpc) is 3.43. The van der Waals surface area contributed by atoms with Gasteiger partial charge in [-0.2, -0.15) is 5.26 Å². The Bertz CT molecular complexity index is 2260. The molecule has 2 heterocycles. The summed E-state index contributed by atoms with van der Waals surface area (Å²) >= 11 is 0. The van der Waals surface area contributed by atoms with Crippen molar-refractivity contribution in [2.45, 2.75) is 0 Å². The fraction of sp³-hybridized carbons (Fsp3) is 0. The molecular weight excluding hydrogens is 532 g/mol. The van der Waals surface area contributed by atoms with Gasteiger partial charge in [-0.3, -0.25) is 0 Å². The van der Waals surface area contributed by atoms with E-state index in [0.717, 1.165) is 33.0 Å². The van der Waals surface area contributed by atoms with Crippen LogP contribution in [0.1, 0.15) is 5.56 Å². The zero-order valence-corrected chi connectivity index (χ0v) is 23.8. The van der Waals surface area contributed by atoms with Gasteiger partial charge in [-0.1, -0.05) is 95.3 Å². The van der Waals surface area contributed by atoms with Crippen molar-refractivity contribution >= 4 is 61.9 Å². The fourth-order valence-electron chi connectivity index (χ4n) is 5.71. The molecule has 7 aromatic rings. The van der Waals surface area contributed by atoms with E-state index in [9.17, 15) is 5.26 Å². The van der Waals surface area contributed by atoms with E-state index < -0.39 is 5.82 Å². The first kappa shape index (κ1) is 26.4. The van der Waals surface area contributed by atoms with Crippen molar-refractivity contribution < 1.29 is 8.81 Å². The lowest BCUT2D eigenvalue weighted by atomic mass is 9.70. The van der Waals surface area contributed by atoms with Gasteiger partial charge in [-0.25, -0.2) is 19.3 Å². The van der Waals surface area contributed by atoms with E-state index >= 15 is 4.39 Å². The third-order valence-corrected chi connectivity index (χ3v) is 8.08. The largest absolute Gasteiger partial charge is 0.455 e. The Kier molecular flexibility index (Phi) is 6.40. The van der Waals surface area contributed by atoms with Crippen LogP contribution in [-0.4, -0.2) is 38.5 Å². The number of nitrogens with zero attached hydrogens (tertiary/aromatic N) is 4. The molecule has 43 heavy (non-hydrogen) atoms. The van der Waals surface area contributed by atoms with Crippen molar-refractivity contribution in [1.29, 1.82) is 5.26 Å². The summed E-state index contributed by atoms with van der Waals surface area (Å²) in [7, 11) is 5.25. The highest BCUT2D eigenvalue weighted by Gasteiger charge is 2.23. The van der Waals surface area contributed by atoms with Crippen LogP contribution in [0.4, 0.5) is 4.39 Å². The highest BCUT2D eigenvalue weighted by molar-refractivity contribution is 6.54. The highest BCUT2D eigenvalue weighted by atomic mass is 19.1. The fourth-order valence-corrected chi connectivity index (χ4v) is 5.71. The summed E-state index contributed by atoms with van der Waals surface area (Å²) in [5, 5.41) is 11.8. The Hall–Kier alpha value is -5.48. The highest BCUT2D eigenvalue weighted by Crippen LogP contribution is 2.35. The number of fused-ring (bicyclic) bond motifs is 3. The van der Waals surface area contributed by atoms with Gasteiger partial charge < -0.3 is 4.42 Å². The predicted molar refractivity (Wildman–Crippen MR) is 178 cm³/mol. The standard InChI is InChI=1S/C34H22B3FN4O/c35-27-24(17-39)30(38)29(37)28(36)26(27)34-41-32(20-11-6-10-19(16-20)18-8-2-1-3-9-18)40-33(42-34)23-14-7-13-22-21-12-4-5-15-25(21)43-31(22)23/h1-16H,35-37H2. The van der Waals surface area contributed by atoms with Crippen LogP contribution >= 0.6 is 0 Å². The van der Waals surface area contributed by atoms with Gasteiger partial charge in [0.25, 0.3) is 0 Å². The maximum Gasteiger partial charge on any atom is 0.167 e. The molecular formula is C34H22B3FN4O. The topological polar surface area (TPSA) is 75.6 Å². The summed E-state index contributed by atoms with van der Waals surface area (Å²) in [6.07, 6.45) is 0. The summed E-state index contributed by atoms with van der Waals surface area (Å²) in [5.74, 6) is 0.741. The first-order valence-corrected chi connectivity index (χ1v) is 14.0. The molecule has 0 spiro atoms. The van der Waals surface area contributed by atoms with Gasteiger partial charge in [0.1, 0.15) is 46.6 Å². The van der Waals surface area contributed by atoms with Crippen LogP contribution in [0.3, 0.4) is 0 Å². The molecule has 2 aromatic heterocycles. The van der Waals surface area contributed by atoms with Crippen molar-refractivity contribution in [3.63, 3.8) is 0 Å². The Balaban J connectivity index is 1.52. The molecule has 0 radical (unpaired) electrons. The minimum Gasteiger partial charge on any atom is -0.455 e. The molecule has 0 fully saturated rings. The second-order valence-corrected chi connectivity index (χ2v) is 10.6. The van der Waals surface area contributed by atoms with Gasteiger partial charge in [0, 0.05) is 21.9 Å². The van der Waals surface area contributed by atoms with Gasteiger partial charge in [0.15, 0.2) is 17.5 Å². The van der Waals surface area contributed by atoms with Crippen molar-refractivity contribution in [3.8, 4) is 51.4 Å². The van der Waals surface area contributed by atoms with Crippen LogP contribution in [0.5, 0.6) is 0 Å². The van der Waals surface area contributed by atoms with Crippen LogP contribution in [0.2, 0.25) is 0 Å². The maximum absolute atomic E-state index is 15.1. The zero-order valence-electron chi connectivity index (χ0n) is 23.8. The van der Waals surface area contributed by atoms with Crippen molar-refractivity contribution in [3.05, 3.63) is 108 Å². The lowest BCUT2D eigenvalue weighted by Crippen LogP contribution is -2.38. The van der Waals surface area contributed by atoms with Crippen LogP contribution in [0.15, 0.2) is 101 Å².